The van der Waals surface area contributed by atoms with E-state index in [4.69, 9.17) is 5.11 Å². The summed E-state index contributed by atoms with van der Waals surface area (Å²) in [6.45, 7) is 5.65. The van der Waals surface area contributed by atoms with Crippen LogP contribution in [0.5, 0.6) is 0 Å². The van der Waals surface area contributed by atoms with Crippen molar-refractivity contribution in [1.82, 2.24) is 0 Å². The van der Waals surface area contributed by atoms with Gasteiger partial charge in [-0.15, -0.1) is 0 Å². The molecule has 1 atom stereocenters. The number of nitro groups is 1. The maximum Gasteiger partial charge on any atom is 0.273 e. The van der Waals surface area contributed by atoms with Gasteiger partial charge in [-0.1, -0.05) is 13.3 Å². The van der Waals surface area contributed by atoms with Crippen LogP contribution >= 0.6 is 0 Å². The van der Waals surface area contributed by atoms with Gasteiger partial charge in [-0.3, -0.25) is 10.1 Å². The summed E-state index contributed by atoms with van der Waals surface area (Å²) in [4.78, 5) is 10.6. The molecule has 6 nitrogen and oxygen atoms in total. The summed E-state index contributed by atoms with van der Waals surface area (Å²) in [5.41, 5.74) is 1.55. The van der Waals surface area contributed by atoms with Gasteiger partial charge in [-0.2, -0.15) is 0 Å². The lowest BCUT2D eigenvalue weighted by Crippen LogP contribution is -2.16. The minimum Gasteiger partial charge on any atom is -0.396 e. The highest BCUT2D eigenvalue weighted by Crippen LogP contribution is 2.25. The Hall–Kier alpha value is -1.82. The Morgan fingerprint density at radius 1 is 1.19 bits per heavy atom. The van der Waals surface area contributed by atoms with Crippen molar-refractivity contribution in [3.05, 3.63) is 28.3 Å². The molecule has 3 N–H and O–H groups in total. The molecule has 0 saturated carbocycles. The first-order valence-electron chi connectivity index (χ1n) is 7.48. The minimum atomic E-state index is -0.386. The Bertz CT molecular complexity index is 446. The van der Waals surface area contributed by atoms with Gasteiger partial charge < -0.3 is 15.7 Å². The molecule has 0 aliphatic rings. The molecular formula is C15H25N3O3. The van der Waals surface area contributed by atoms with Gasteiger partial charge in [0, 0.05) is 43.2 Å². The van der Waals surface area contributed by atoms with E-state index in [1.54, 1.807) is 6.07 Å². The van der Waals surface area contributed by atoms with Crippen LogP contribution in [0.3, 0.4) is 0 Å². The van der Waals surface area contributed by atoms with E-state index in [0.717, 1.165) is 30.6 Å². The molecule has 118 valence electrons. The first-order valence-corrected chi connectivity index (χ1v) is 7.48. The number of anilines is 2. The third-order valence-electron chi connectivity index (χ3n) is 3.34. The van der Waals surface area contributed by atoms with E-state index in [1.165, 1.54) is 6.07 Å². The predicted molar refractivity (Wildman–Crippen MR) is 85.9 cm³/mol. The van der Waals surface area contributed by atoms with Crippen LogP contribution in [-0.2, 0) is 0 Å². The minimum absolute atomic E-state index is 0.0742. The first-order chi connectivity index (χ1) is 10.1. The standard InChI is InChI=1S/C15H25N3O3/c1-3-5-12(6-7-19)11-17-14-8-13(16-4-2)9-15(10-14)18(20)21/h8-10,12,16-17,19H,3-7,11H2,1-2H3. The van der Waals surface area contributed by atoms with Crippen LogP contribution in [0.4, 0.5) is 17.1 Å². The number of aliphatic hydroxyl groups is 1. The van der Waals surface area contributed by atoms with Crippen molar-refractivity contribution in [2.24, 2.45) is 5.92 Å². The van der Waals surface area contributed by atoms with Crippen molar-refractivity contribution < 1.29 is 10.0 Å². The molecule has 0 aliphatic heterocycles. The Morgan fingerprint density at radius 3 is 2.38 bits per heavy atom. The van der Waals surface area contributed by atoms with E-state index in [9.17, 15) is 10.1 Å². The summed E-state index contributed by atoms with van der Waals surface area (Å²) in [6.07, 6.45) is 2.84. The lowest BCUT2D eigenvalue weighted by Gasteiger charge is -2.17. The Kier molecular flexibility index (Phi) is 7.53. The molecule has 0 amide bonds. The monoisotopic (exact) mass is 295 g/mol. The Labute approximate surface area is 125 Å². The molecule has 21 heavy (non-hydrogen) atoms. The molecule has 0 radical (unpaired) electrons. The average molecular weight is 295 g/mol. The highest BCUT2D eigenvalue weighted by molar-refractivity contribution is 5.63. The van der Waals surface area contributed by atoms with Crippen molar-refractivity contribution in [3.63, 3.8) is 0 Å². The van der Waals surface area contributed by atoms with Crippen molar-refractivity contribution in [3.8, 4) is 0 Å². The second-order valence-corrected chi connectivity index (χ2v) is 5.10. The molecular weight excluding hydrogens is 270 g/mol. The third kappa shape index (κ3) is 5.99. The summed E-state index contributed by atoms with van der Waals surface area (Å²) in [7, 11) is 0. The second kappa shape index (κ2) is 9.18. The number of nitrogens with zero attached hydrogens (tertiary/aromatic N) is 1. The van der Waals surface area contributed by atoms with Gasteiger partial charge in [0.1, 0.15) is 0 Å². The van der Waals surface area contributed by atoms with Gasteiger partial charge in [0.2, 0.25) is 0 Å². The van der Waals surface area contributed by atoms with E-state index >= 15 is 0 Å². The number of benzene rings is 1. The molecule has 6 heteroatoms. The van der Waals surface area contributed by atoms with Crippen LogP contribution in [0, 0.1) is 16.0 Å². The number of nitro benzene ring substituents is 1. The molecule has 1 unspecified atom stereocenters. The van der Waals surface area contributed by atoms with E-state index in [1.807, 2.05) is 13.0 Å². The third-order valence-corrected chi connectivity index (χ3v) is 3.34. The molecule has 0 spiro atoms. The van der Waals surface area contributed by atoms with Gasteiger partial charge in [0.05, 0.1) is 4.92 Å². The van der Waals surface area contributed by atoms with Crippen LogP contribution < -0.4 is 10.6 Å². The smallest absolute Gasteiger partial charge is 0.273 e. The highest BCUT2D eigenvalue weighted by atomic mass is 16.6. The molecule has 0 fully saturated rings. The molecule has 0 aliphatic carbocycles. The van der Waals surface area contributed by atoms with Crippen molar-refractivity contribution in [1.29, 1.82) is 0 Å². The van der Waals surface area contributed by atoms with Crippen LogP contribution in [0.15, 0.2) is 18.2 Å². The Morgan fingerprint density at radius 2 is 1.86 bits per heavy atom. The van der Waals surface area contributed by atoms with Crippen LogP contribution in [0.2, 0.25) is 0 Å². The normalized spacial score (nSPS) is 12.0. The zero-order chi connectivity index (χ0) is 15.7. The molecule has 0 saturated heterocycles. The summed E-state index contributed by atoms with van der Waals surface area (Å²) in [5, 5.41) is 26.4. The SMILES string of the molecule is CCCC(CCO)CNc1cc(NCC)cc([N+](=O)[O-])c1. The molecule has 1 aromatic rings. The van der Waals surface area contributed by atoms with E-state index in [2.05, 4.69) is 17.6 Å². The van der Waals surface area contributed by atoms with E-state index < -0.39 is 0 Å². The maximum atomic E-state index is 11.0. The molecule has 0 aromatic heterocycles. The second-order valence-electron chi connectivity index (χ2n) is 5.10. The fourth-order valence-corrected chi connectivity index (χ4v) is 2.33. The van der Waals surface area contributed by atoms with Crippen LogP contribution in [0.25, 0.3) is 0 Å². The van der Waals surface area contributed by atoms with Crippen molar-refractivity contribution in [2.75, 3.05) is 30.3 Å². The van der Waals surface area contributed by atoms with E-state index in [-0.39, 0.29) is 17.2 Å². The maximum absolute atomic E-state index is 11.0. The topological polar surface area (TPSA) is 87.4 Å². The fraction of sp³-hybridized carbons (Fsp3) is 0.600. The summed E-state index contributed by atoms with van der Waals surface area (Å²) < 4.78 is 0. The Balaban J connectivity index is 2.78. The van der Waals surface area contributed by atoms with Gasteiger partial charge in [0.15, 0.2) is 0 Å². The fourth-order valence-electron chi connectivity index (χ4n) is 2.33. The van der Waals surface area contributed by atoms with Gasteiger partial charge in [-0.25, -0.2) is 0 Å². The number of rotatable bonds is 10. The number of non-ortho nitro benzene ring substituents is 1. The molecule has 1 aromatic carbocycles. The first kappa shape index (κ1) is 17.2. The van der Waals surface area contributed by atoms with E-state index in [0.29, 0.717) is 19.0 Å². The highest BCUT2D eigenvalue weighted by Gasteiger charge is 2.11. The van der Waals surface area contributed by atoms with Gasteiger partial charge in [-0.05, 0) is 31.7 Å². The molecule has 0 bridgehead atoms. The van der Waals surface area contributed by atoms with Crippen molar-refractivity contribution >= 4 is 17.1 Å². The lowest BCUT2D eigenvalue weighted by molar-refractivity contribution is -0.384. The summed E-state index contributed by atoms with van der Waals surface area (Å²) >= 11 is 0. The number of nitrogens with one attached hydrogen (secondary N) is 2. The van der Waals surface area contributed by atoms with Crippen LogP contribution in [0.1, 0.15) is 33.1 Å². The average Bonchev–Trinajstić information content (AvgIpc) is 2.45. The van der Waals surface area contributed by atoms with Crippen LogP contribution in [-0.4, -0.2) is 29.7 Å². The number of hydrogen-bond acceptors (Lipinski definition) is 5. The van der Waals surface area contributed by atoms with Crippen molar-refractivity contribution in [2.45, 2.75) is 33.1 Å². The lowest BCUT2D eigenvalue weighted by atomic mass is 10.00. The number of hydrogen-bond donors (Lipinski definition) is 3. The largest absolute Gasteiger partial charge is 0.396 e. The quantitative estimate of drug-likeness (QED) is 0.455. The summed E-state index contributed by atoms with van der Waals surface area (Å²) in [5.74, 6) is 0.377. The zero-order valence-electron chi connectivity index (χ0n) is 12.8. The van der Waals surface area contributed by atoms with Gasteiger partial charge in [0.25, 0.3) is 5.69 Å². The zero-order valence-corrected chi connectivity index (χ0v) is 12.8. The van der Waals surface area contributed by atoms with Gasteiger partial charge >= 0.3 is 0 Å². The predicted octanol–water partition coefficient (Wildman–Crippen LogP) is 3.24. The molecule has 0 heterocycles. The molecule has 1 rings (SSSR count). The summed E-state index contributed by atoms with van der Waals surface area (Å²) in [6, 6.07) is 4.95. The number of aliphatic hydroxyl groups excluding tert-OH is 1.